The lowest BCUT2D eigenvalue weighted by Crippen LogP contribution is -2.49. The molecule has 66 valence electrons. The number of nitrogens with zero attached hydrogens (tertiary/aromatic N) is 1. The highest BCUT2D eigenvalue weighted by molar-refractivity contribution is 4.85. The molecule has 1 rings (SSSR count). The summed E-state index contributed by atoms with van der Waals surface area (Å²) in [6.07, 6.45) is 2.21. The maximum Gasteiger partial charge on any atom is 0.0150 e. The van der Waals surface area contributed by atoms with Crippen LogP contribution in [0.15, 0.2) is 0 Å². The molecule has 0 aliphatic carbocycles. The van der Waals surface area contributed by atoms with E-state index in [1.807, 2.05) is 0 Å². The summed E-state index contributed by atoms with van der Waals surface area (Å²) in [7, 11) is 0. The Labute approximate surface area is 68.7 Å². The molecule has 0 radical (unpaired) electrons. The second kappa shape index (κ2) is 3.52. The predicted molar refractivity (Wildman–Crippen MR) is 47.3 cm³/mol. The smallest absolute Gasteiger partial charge is 0.0150 e. The minimum atomic E-state index is 0.0745. The molecule has 11 heavy (non-hydrogen) atoms. The Kier molecular flexibility index (Phi) is 2.87. The Balaban J connectivity index is 2.25. The molecule has 1 heterocycles. The van der Waals surface area contributed by atoms with Crippen LogP contribution in [0.2, 0.25) is 0 Å². The molecular formula is C8H19N3. The van der Waals surface area contributed by atoms with Gasteiger partial charge in [-0.1, -0.05) is 0 Å². The summed E-state index contributed by atoms with van der Waals surface area (Å²) >= 11 is 0. The fourth-order valence-corrected chi connectivity index (χ4v) is 1.47. The molecule has 4 N–H and O–H groups in total. The van der Waals surface area contributed by atoms with Crippen LogP contribution >= 0.6 is 0 Å². The molecule has 0 atom stereocenters. The van der Waals surface area contributed by atoms with E-state index in [0.29, 0.717) is 0 Å². The zero-order valence-corrected chi connectivity index (χ0v) is 7.34. The van der Waals surface area contributed by atoms with Gasteiger partial charge in [-0.15, -0.1) is 0 Å². The third kappa shape index (κ3) is 2.77. The van der Waals surface area contributed by atoms with E-state index in [9.17, 15) is 0 Å². The van der Waals surface area contributed by atoms with E-state index in [4.69, 9.17) is 11.5 Å². The highest BCUT2D eigenvalue weighted by Gasteiger charge is 2.24. The van der Waals surface area contributed by atoms with Crippen LogP contribution in [-0.4, -0.2) is 36.6 Å². The number of hydrogen-bond acceptors (Lipinski definition) is 3. The van der Waals surface area contributed by atoms with Crippen LogP contribution in [0.1, 0.15) is 19.8 Å². The van der Waals surface area contributed by atoms with Crippen molar-refractivity contribution in [3.8, 4) is 0 Å². The van der Waals surface area contributed by atoms with Gasteiger partial charge in [-0.05, 0) is 32.9 Å². The molecule has 0 unspecified atom stereocenters. The van der Waals surface area contributed by atoms with Gasteiger partial charge in [0.15, 0.2) is 0 Å². The van der Waals surface area contributed by atoms with E-state index in [0.717, 1.165) is 39.0 Å². The number of rotatable bonds is 2. The van der Waals surface area contributed by atoms with E-state index >= 15 is 0 Å². The first-order chi connectivity index (χ1) is 5.14. The van der Waals surface area contributed by atoms with Crippen LogP contribution in [0.5, 0.6) is 0 Å². The van der Waals surface area contributed by atoms with Crippen LogP contribution in [0.3, 0.4) is 0 Å². The first kappa shape index (κ1) is 8.97. The Bertz CT molecular complexity index is 113. The Morgan fingerprint density at radius 2 is 1.91 bits per heavy atom. The van der Waals surface area contributed by atoms with E-state index in [-0.39, 0.29) is 5.54 Å². The summed E-state index contributed by atoms with van der Waals surface area (Å²) in [6.45, 7) is 6.15. The van der Waals surface area contributed by atoms with Gasteiger partial charge in [-0.3, -0.25) is 0 Å². The minimum absolute atomic E-state index is 0.0745. The second-order valence-corrected chi connectivity index (χ2v) is 3.78. The van der Waals surface area contributed by atoms with Crippen LogP contribution < -0.4 is 11.5 Å². The van der Waals surface area contributed by atoms with Gasteiger partial charge in [0.1, 0.15) is 0 Å². The SMILES string of the molecule is CC1(N)CCN(CCN)CC1. The lowest BCUT2D eigenvalue weighted by atomic mass is 9.91. The minimum Gasteiger partial charge on any atom is -0.329 e. The highest BCUT2D eigenvalue weighted by atomic mass is 15.1. The summed E-state index contributed by atoms with van der Waals surface area (Å²) in [5.41, 5.74) is 11.5. The molecule has 0 aromatic heterocycles. The van der Waals surface area contributed by atoms with Crippen LogP contribution in [0.25, 0.3) is 0 Å². The van der Waals surface area contributed by atoms with Crippen LogP contribution in [0.4, 0.5) is 0 Å². The number of likely N-dealkylation sites (tertiary alicyclic amines) is 1. The summed E-state index contributed by atoms with van der Waals surface area (Å²) in [5.74, 6) is 0. The third-order valence-corrected chi connectivity index (χ3v) is 2.44. The van der Waals surface area contributed by atoms with Gasteiger partial charge in [0.25, 0.3) is 0 Å². The summed E-state index contributed by atoms with van der Waals surface area (Å²) in [5, 5.41) is 0. The molecule has 0 spiro atoms. The molecule has 3 heteroatoms. The maximum atomic E-state index is 5.98. The van der Waals surface area contributed by atoms with Crippen LogP contribution in [-0.2, 0) is 0 Å². The zero-order chi connectivity index (χ0) is 8.32. The monoisotopic (exact) mass is 157 g/mol. The average molecular weight is 157 g/mol. The van der Waals surface area contributed by atoms with Crippen molar-refractivity contribution in [2.24, 2.45) is 11.5 Å². The third-order valence-electron chi connectivity index (χ3n) is 2.44. The van der Waals surface area contributed by atoms with E-state index in [1.54, 1.807) is 0 Å². The summed E-state index contributed by atoms with van der Waals surface area (Å²) < 4.78 is 0. The molecule has 0 bridgehead atoms. The van der Waals surface area contributed by atoms with Crippen LogP contribution in [0, 0.1) is 0 Å². The lowest BCUT2D eigenvalue weighted by molar-refractivity contribution is 0.176. The quantitative estimate of drug-likeness (QED) is 0.581. The molecule has 1 fully saturated rings. The van der Waals surface area contributed by atoms with Gasteiger partial charge in [0.05, 0.1) is 0 Å². The van der Waals surface area contributed by atoms with Crippen molar-refractivity contribution in [2.75, 3.05) is 26.2 Å². The van der Waals surface area contributed by atoms with Gasteiger partial charge in [0, 0.05) is 18.6 Å². The second-order valence-electron chi connectivity index (χ2n) is 3.78. The van der Waals surface area contributed by atoms with Gasteiger partial charge in [-0.2, -0.15) is 0 Å². The van der Waals surface area contributed by atoms with Gasteiger partial charge in [-0.25, -0.2) is 0 Å². The average Bonchev–Trinajstić information content (AvgIpc) is 1.94. The fraction of sp³-hybridized carbons (Fsp3) is 1.00. The Hall–Kier alpha value is -0.120. The van der Waals surface area contributed by atoms with Crippen molar-refractivity contribution in [1.82, 2.24) is 4.90 Å². The molecular weight excluding hydrogens is 138 g/mol. The zero-order valence-electron chi connectivity index (χ0n) is 7.34. The molecule has 0 aromatic carbocycles. The van der Waals surface area contributed by atoms with Crippen molar-refractivity contribution in [2.45, 2.75) is 25.3 Å². The first-order valence-corrected chi connectivity index (χ1v) is 4.35. The summed E-state index contributed by atoms with van der Waals surface area (Å²) in [6, 6.07) is 0. The van der Waals surface area contributed by atoms with Crippen molar-refractivity contribution in [1.29, 1.82) is 0 Å². The highest BCUT2D eigenvalue weighted by Crippen LogP contribution is 2.17. The van der Waals surface area contributed by atoms with E-state index in [1.165, 1.54) is 0 Å². The standard InChI is InChI=1S/C8H19N3/c1-8(10)2-5-11(6-3-8)7-4-9/h2-7,9-10H2,1H3. The number of piperidine rings is 1. The van der Waals surface area contributed by atoms with Crippen molar-refractivity contribution < 1.29 is 0 Å². The summed E-state index contributed by atoms with van der Waals surface area (Å²) in [4.78, 5) is 2.38. The Morgan fingerprint density at radius 1 is 1.36 bits per heavy atom. The van der Waals surface area contributed by atoms with Crippen molar-refractivity contribution in [3.63, 3.8) is 0 Å². The fourth-order valence-electron chi connectivity index (χ4n) is 1.47. The van der Waals surface area contributed by atoms with E-state index in [2.05, 4.69) is 11.8 Å². The van der Waals surface area contributed by atoms with Gasteiger partial charge < -0.3 is 16.4 Å². The normalized spacial score (nSPS) is 25.4. The molecule has 3 nitrogen and oxygen atoms in total. The maximum absolute atomic E-state index is 5.98. The number of nitrogens with two attached hydrogens (primary N) is 2. The molecule has 1 aliphatic rings. The van der Waals surface area contributed by atoms with Crippen molar-refractivity contribution in [3.05, 3.63) is 0 Å². The molecule has 1 aliphatic heterocycles. The molecule has 1 saturated heterocycles. The molecule has 0 aromatic rings. The predicted octanol–water partition coefficient (Wildman–Crippen LogP) is -0.242. The largest absolute Gasteiger partial charge is 0.329 e. The molecule has 0 amide bonds. The topological polar surface area (TPSA) is 55.3 Å². The number of hydrogen-bond donors (Lipinski definition) is 2. The van der Waals surface area contributed by atoms with Gasteiger partial charge >= 0.3 is 0 Å². The Morgan fingerprint density at radius 3 is 2.36 bits per heavy atom. The lowest BCUT2D eigenvalue weighted by Gasteiger charge is -2.36. The van der Waals surface area contributed by atoms with Crippen molar-refractivity contribution >= 4 is 0 Å². The molecule has 0 saturated carbocycles. The first-order valence-electron chi connectivity index (χ1n) is 4.35. The van der Waals surface area contributed by atoms with Gasteiger partial charge in [0.2, 0.25) is 0 Å². The van der Waals surface area contributed by atoms with E-state index < -0.39 is 0 Å².